The summed E-state index contributed by atoms with van der Waals surface area (Å²) < 4.78 is 1.12. The van der Waals surface area contributed by atoms with Crippen LogP contribution in [-0.4, -0.2) is 5.11 Å². The summed E-state index contributed by atoms with van der Waals surface area (Å²) in [6.45, 7) is 0. The number of benzene rings is 2. The van der Waals surface area contributed by atoms with Crippen LogP contribution in [0.2, 0.25) is 0 Å². The summed E-state index contributed by atoms with van der Waals surface area (Å²) in [5.74, 6) is 0. The molecule has 0 aliphatic heterocycles. The molecule has 0 saturated carbocycles. The van der Waals surface area contributed by atoms with E-state index in [1.165, 1.54) is 30.4 Å². The SMILES string of the molecule is OC(c1ccc2c(c1)CCCC2)c1ccccc1I. The summed E-state index contributed by atoms with van der Waals surface area (Å²) in [5.41, 5.74) is 4.90. The summed E-state index contributed by atoms with van der Waals surface area (Å²) in [7, 11) is 0. The molecule has 0 amide bonds. The molecular weight excluding hydrogens is 347 g/mol. The molecule has 2 aromatic rings. The number of aliphatic hydroxyl groups excluding tert-OH is 1. The Bertz CT molecular complexity index is 592. The van der Waals surface area contributed by atoms with Gasteiger partial charge in [0.25, 0.3) is 0 Å². The Hall–Kier alpha value is -0.870. The average molecular weight is 364 g/mol. The van der Waals surface area contributed by atoms with Crippen molar-refractivity contribution in [3.63, 3.8) is 0 Å². The Morgan fingerprint density at radius 1 is 0.947 bits per heavy atom. The zero-order valence-corrected chi connectivity index (χ0v) is 12.9. The van der Waals surface area contributed by atoms with Crippen molar-refractivity contribution in [1.82, 2.24) is 0 Å². The minimum Gasteiger partial charge on any atom is -0.384 e. The standard InChI is InChI=1S/C17H17IO/c18-16-8-4-3-7-15(16)17(19)14-10-9-12-5-1-2-6-13(12)11-14/h3-4,7-11,17,19H,1-2,5-6H2. The summed E-state index contributed by atoms with van der Waals surface area (Å²) in [6.07, 6.45) is 4.40. The van der Waals surface area contributed by atoms with Gasteiger partial charge in [-0.05, 0) is 76.6 Å². The molecule has 19 heavy (non-hydrogen) atoms. The van der Waals surface area contributed by atoms with E-state index in [9.17, 15) is 5.11 Å². The van der Waals surface area contributed by atoms with Crippen molar-refractivity contribution in [1.29, 1.82) is 0 Å². The van der Waals surface area contributed by atoms with Crippen molar-refractivity contribution in [3.05, 3.63) is 68.3 Å². The Kier molecular flexibility index (Phi) is 3.89. The molecule has 1 aliphatic carbocycles. The van der Waals surface area contributed by atoms with Gasteiger partial charge in [0, 0.05) is 3.57 Å². The molecule has 0 bridgehead atoms. The van der Waals surface area contributed by atoms with Crippen LogP contribution in [0.25, 0.3) is 0 Å². The van der Waals surface area contributed by atoms with E-state index < -0.39 is 6.10 Å². The van der Waals surface area contributed by atoms with Gasteiger partial charge in [-0.1, -0.05) is 36.4 Å². The van der Waals surface area contributed by atoms with Gasteiger partial charge in [-0.15, -0.1) is 0 Å². The van der Waals surface area contributed by atoms with Gasteiger partial charge < -0.3 is 5.11 Å². The quantitative estimate of drug-likeness (QED) is 0.790. The Labute approximate surface area is 127 Å². The molecule has 1 aliphatic rings. The highest BCUT2D eigenvalue weighted by molar-refractivity contribution is 14.1. The Balaban J connectivity index is 1.96. The van der Waals surface area contributed by atoms with Crippen molar-refractivity contribution < 1.29 is 5.11 Å². The number of halogens is 1. The summed E-state index contributed by atoms with van der Waals surface area (Å²) in [4.78, 5) is 0. The fraction of sp³-hybridized carbons (Fsp3) is 0.294. The van der Waals surface area contributed by atoms with E-state index in [1.54, 1.807) is 0 Å². The van der Waals surface area contributed by atoms with Crippen molar-refractivity contribution in [2.24, 2.45) is 0 Å². The van der Waals surface area contributed by atoms with E-state index in [4.69, 9.17) is 0 Å². The van der Waals surface area contributed by atoms with Crippen LogP contribution < -0.4 is 0 Å². The molecule has 2 aromatic carbocycles. The second-order valence-corrected chi connectivity index (χ2v) is 6.32. The third kappa shape index (κ3) is 2.70. The lowest BCUT2D eigenvalue weighted by Gasteiger charge is -2.19. The van der Waals surface area contributed by atoms with Crippen LogP contribution in [0, 0.1) is 3.57 Å². The van der Waals surface area contributed by atoms with E-state index in [0.717, 1.165) is 21.1 Å². The topological polar surface area (TPSA) is 20.2 Å². The van der Waals surface area contributed by atoms with Crippen LogP contribution in [-0.2, 0) is 12.8 Å². The van der Waals surface area contributed by atoms with E-state index in [1.807, 2.05) is 24.3 Å². The number of fused-ring (bicyclic) bond motifs is 1. The molecule has 0 saturated heterocycles. The van der Waals surface area contributed by atoms with Gasteiger partial charge in [0.05, 0.1) is 0 Å². The molecule has 2 heteroatoms. The third-order valence-corrected chi connectivity index (χ3v) is 4.87. The Morgan fingerprint density at radius 2 is 1.68 bits per heavy atom. The maximum atomic E-state index is 10.6. The summed E-state index contributed by atoms with van der Waals surface area (Å²) >= 11 is 2.29. The first-order chi connectivity index (χ1) is 9.25. The van der Waals surface area contributed by atoms with E-state index in [0.29, 0.717) is 0 Å². The molecule has 0 aromatic heterocycles. The number of hydrogen-bond acceptors (Lipinski definition) is 1. The van der Waals surface area contributed by atoms with Crippen LogP contribution in [0.1, 0.15) is 41.2 Å². The van der Waals surface area contributed by atoms with Crippen molar-refractivity contribution in [2.75, 3.05) is 0 Å². The van der Waals surface area contributed by atoms with Crippen LogP contribution in [0.5, 0.6) is 0 Å². The molecule has 1 unspecified atom stereocenters. The van der Waals surface area contributed by atoms with Crippen molar-refractivity contribution in [3.8, 4) is 0 Å². The van der Waals surface area contributed by atoms with Crippen LogP contribution in [0.4, 0.5) is 0 Å². The van der Waals surface area contributed by atoms with E-state index in [2.05, 4.69) is 40.8 Å². The Morgan fingerprint density at radius 3 is 2.47 bits per heavy atom. The average Bonchev–Trinajstić information content (AvgIpc) is 2.46. The molecule has 0 spiro atoms. The zero-order valence-electron chi connectivity index (χ0n) is 10.8. The molecule has 0 heterocycles. The van der Waals surface area contributed by atoms with Gasteiger partial charge in [-0.25, -0.2) is 0 Å². The molecule has 0 fully saturated rings. The largest absolute Gasteiger partial charge is 0.384 e. The monoisotopic (exact) mass is 364 g/mol. The minimum absolute atomic E-state index is 0.514. The lowest BCUT2D eigenvalue weighted by atomic mass is 9.88. The summed E-state index contributed by atoms with van der Waals surface area (Å²) in [6, 6.07) is 14.5. The second kappa shape index (κ2) is 5.63. The second-order valence-electron chi connectivity index (χ2n) is 5.16. The van der Waals surface area contributed by atoms with Crippen molar-refractivity contribution >= 4 is 22.6 Å². The van der Waals surface area contributed by atoms with Crippen LogP contribution in [0.15, 0.2) is 42.5 Å². The van der Waals surface area contributed by atoms with Gasteiger partial charge in [-0.3, -0.25) is 0 Å². The number of hydrogen-bond donors (Lipinski definition) is 1. The van der Waals surface area contributed by atoms with Gasteiger partial charge in [0.2, 0.25) is 0 Å². The molecule has 1 atom stereocenters. The van der Waals surface area contributed by atoms with Crippen molar-refractivity contribution in [2.45, 2.75) is 31.8 Å². The smallest absolute Gasteiger partial charge is 0.105 e. The highest BCUT2D eigenvalue weighted by Crippen LogP contribution is 2.29. The highest BCUT2D eigenvalue weighted by Gasteiger charge is 2.16. The zero-order chi connectivity index (χ0) is 13.2. The van der Waals surface area contributed by atoms with Crippen LogP contribution >= 0.6 is 22.6 Å². The fourth-order valence-corrected chi connectivity index (χ4v) is 3.48. The third-order valence-electron chi connectivity index (χ3n) is 3.89. The lowest BCUT2D eigenvalue weighted by molar-refractivity contribution is 0.219. The first-order valence-corrected chi connectivity index (χ1v) is 7.88. The normalized spacial score (nSPS) is 15.9. The first kappa shape index (κ1) is 13.1. The maximum absolute atomic E-state index is 10.6. The van der Waals surface area contributed by atoms with E-state index >= 15 is 0 Å². The molecule has 1 nitrogen and oxygen atoms in total. The maximum Gasteiger partial charge on any atom is 0.105 e. The molecule has 0 radical (unpaired) electrons. The van der Waals surface area contributed by atoms with Gasteiger partial charge in [0.1, 0.15) is 6.10 Å². The predicted molar refractivity (Wildman–Crippen MR) is 86.3 cm³/mol. The first-order valence-electron chi connectivity index (χ1n) is 6.80. The van der Waals surface area contributed by atoms with E-state index in [-0.39, 0.29) is 0 Å². The summed E-state index contributed by atoms with van der Waals surface area (Å²) in [5, 5.41) is 10.6. The lowest BCUT2D eigenvalue weighted by Crippen LogP contribution is -2.07. The molecule has 98 valence electrons. The minimum atomic E-state index is -0.514. The van der Waals surface area contributed by atoms with Gasteiger partial charge >= 0.3 is 0 Å². The predicted octanol–water partition coefficient (Wildman–Crippen LogP) is 4.25. The fourth-order valence-electron chi connectivity index (χ4n) is 2.80. The molecule has 1 N–H and O–H groups in total. The highest BCUT2D eigenvalue weighted by atomic mass is 127. The van der Waals surface area contributed by atoms with Gasteiger partial charge in [-0.2, -0.15) is 0 Å². The number of aryl methyl sites for hydroxylation is 2. The molecule has 3 rings (SSSR count). The van der Waals surface area contributed by atoms with Crippen LogP contribution in [0.3, 0.4) is 0 Å². The number of aliphatic hydroxyl groups is 1. The van der Waals surface area contributed by atoms with Gasteiger partial charge in [0.15, 0.2) is 0 Å². The number of rotatable bonds is 2. The molecular formula is C17H17IO.